The van der Waals surface area contributed by atoms with Crippen molar-refractivity contribution in [2.75, 3.05) is 6.54 Å². The number of nitrogens with zero attached hydrogens (tertiary/aromatic N) is 1. The first-order chi connectivity index (χ1) is 10.3. The van der Waals surface area contributed by atoms with Crippen molar-refractivity contribution in [2.45, 2.75) is 72.9 Å². The molecule has 0 aromatic rings. The van der Waals surface area contributed by atoms with Crippen molar-refractivity contribution in [3.8, 4) is 0 Å². The Hall–Kier alpha value is -1.28. The molecule has 0 aliphatic carbocycles. The molecule has 7 heteroatoms. The number of amides is 2. The summed E-state index contributed by atoms with van der Waals surface area (Å²) in [5.74, 6) is -0.729. The zero-order valence-corrected chi connectivity index (χ0v) is 15.2. The van der Waals surface area contributed by atoms with E-state index < -0.39 is 17.5 Å². The normalized spacial score (nSPS) is 17.0. The van der Waals surface area contributed by atoms with Crippen molar-refractivity contribution in [1.29, 1.82) is 0 Å². The second-order valence-corrected chi connectivity index (χ2v) is 7.48. The van der Waals surface area contributed by atoms with Crippen LogP contribution < -0.4 is 0 Å². The number of hydrogen-bond donors (Lipinski definition) is 0. The van der Waals surface area contributed by atoms with E-state index in [-0.39, 0.29) is 18.4 Å². The number of hydrogen-bond acceptors (Lipinski definition) is 6. The van der Waals surface area contributed by atoms with E-state index in [1.54, 1.807) is 55.4 Å². The SMILES string of the molecule is CC1=C(C)C(=O)N(CC(OOC(C)(C)C)OOC(C)(C)C)C1=O. The van der Waals surface area contributed by atoms with Gasteiger partial charge in [0, 0.05) is 11.1 Å². The van der Waals surface area contributed by atoms with E-state index in [1.807, 2.05) is 0 Å². The van der Waals surface area contributed by atoms with E-state index in [2.05, 4.69) is 0 Å². The van der Waals surface area contributed by atoms with Gasteiger partial charge < -0.3 is 0 Å². The van der Waals surface area contributed by atoms with E-state index >= 15 is 0 Å². The average Bonchev–Trinajstić information content (AvgIpc) is 2.57. The van der Waals surface area contributed by atoms with Crippen molar-refractivity contribution in [2.24, 2.45) is 0 Å². The lowest BCUT2D eigenvalue weighted by Gasteiger charge is -2.27. The molecule has 0 atom stereocenters. The molecule has 0 aromatic heterocycles. The highest BCUT2D eigenvalue weighted by Gasteiger charge is 2.36. The highest BCUT2D eigenvalue weighted by molar-refractivity contribution is 6.18. The van der Waals surface area contributed by atoms with Crippen LogP contribution in [0.15, 0.2) is 11.1 Å². The molecule has 1 heterocycles. The lowest BCUT2D eigenvalue weighted by Crippen LogP contribution is -2.42. The van der Waals surface area contributed by atoms with Crippen LogP contribution >= 0.6 is 0 Å². The lowest BCUT2D eigenvalue weighted by molar-refractivity contribution is -0.496. The van der Waals surface area contributed by atoms with E-state index in [0.29, 0.717) is 11.1 Å². The lowest BCUT2D eigenvalue weighted by atomic mass is 10.2. The molecule has 0 saturated heterocycles. The van der Waals surface area contributed by atoms with Crippen LogP contribution in [0.5, 0.6) is 0 Å². The molecule has 1 aliphatic heterocycles. The zero-order valence-electron chi connectivity index (χ0n) is 15.2. The van der Waals surface area contributed by atoms with Gasteiger partial charge in [-0.3, -0.25) is 14.5 Å². The predicted molar refractivity (Wildman–Crippen MR) is 82.7 cm³/mol. The fourth-order valence-electron chi connectivity index (χ4n) is 1.61. The summed E-state index contributed by atoms with van der Waals surface area (Å²) in [4.78, 5) is 46.2. The van der Waals surface area contributed by atoms with Gasteiger partial charge in [-0.05, 0) is 55.4 Å². The zero-order chi connectivity index (χ0) is 18.0. The Labute approximate surface area is 137 Å². The first-order valence-electron chi connectivity index (χ1n) is 7.54. The van der Waals surface area contributed by atoms with Gasteiger partial charge in [0.2, 0.25) is 6.29 Å². The summed E-state index contributed by atoms with van der Waals surface area (Å²) in [6.07, 6.45) is -1.06. The smallest absolute Gasteiger partial charge is 0.257 e. The van der Waals surface area contributed by atoms with E-state index in [9.17, 15) is 9.59 Å². The number of carbonyl (C=O) groups excluding carboxylic acids is 2. The fourth-order valence-corrected chi connectivity index (χ4v) is 1.61. The Kier molecular flexibility index (Phi) is 6.09. The summed E-state index contributed by atoms with van der Waals surface area (Å²) < 4.78 is 0. The summed E-state index contributed by atoms with van der Waals surface area (Å²) >= 11 is 0. The third kappa shape index (κ3) is 6.02. The highest BCUT2D eigenvalue weighted by atomic mass is 17.3. The van der Waals surface area contributed by atoms with E-state index in [0.717, 1.165) is 4.90 Å². The topological polar surface area (TPSA) is 74.3 Å². The molecule has 0 unspecified atom stereocenters. The average molecular weight is 329 g/mol. The van der Waals surface area contributed by atoms with Crippen molar-refractivity contribution in [3.63, 3.8) is 0 Å². The highest BCUT2D eigenvalue weighted by Crippen LogP contribution is 2.22. The minimum atomic E-state index is -1.06. The van der Waals surface area contributed by atoms with Gasteiger partial charge in [0.25, 0.3) is 11.8 Å². The summed E-state index contributed by atoms with van der Waals surface area (Å²) in [7, 11) is 0. The van der Waals surface area contributed by atoms with Gasteiger partial charge in [0.05, 0.1) is 17.7 Å². The third-order valence-electron chi connectivity index (χ3n) is 2.84. The van der Waals surface area contributed by atoms with Crippen LogP contribution in [-0.2, 0) is 29.1 Å². The molecule has 7 nitrogen and oxygen atoms in total. The summed E-state index contributed by atoms with van der Waals surface area (Å²) in [5.41, 5.74) is -0.316. The van der Waals surface area contributed by atoms with Crippen LogP contribution in [0.2, 0.25) is 0 Å². The van der Waals surface area contributed by atoms with Crippen LogP contribution in [0.1, 0.15) is 55.4 Å². The van der Waals surface area contributed by atoms with Gasteiger partial charge in [-0.25, -0.2) is 9.78 Å². The Morgan fingerprint density at radius 3 is 1.48 bits per heavy atom. The van der Waals surface area contributed by atoms with Gasteiger partial charge in [0.15, 0.2) is 0 Å². The number of imide groups is 1. The van der Waals surface area contributed by atoms with E-state index in [4.69, 9.17) is 19.6 Å². The van der Waals surface area contributed by atoms with Gasteiger partial charge >= 0.3 is 0 Å². The molecule has 0 spiro atoms. The number of rotatable bonds is 6. The quantitative estimate of drug-likeness (QED) is 0.323. The van der Waals surface area contributed by atoms with Crippen LogP contribution in [0.3, 0.4) is 0 Å². The molecule has 2 amide bonds. The molecule has 0 radical (unpaired) electrons. The fraction of sp³-hybridized carbons (Fsp3) is 0.750. The standard InChI is InChI=1S/C16H27NO6/c1-10-11(2)14(19)17(13(10)18)9-12(20-22-15(3,4)5)21-23-16(6,7)8/h12H,9H2,1-8H3. The molecular formula is C16H27NO6. The Morgan fingerprint density at radius 2 is 1.17 bits per heavy atom. The molecule has 132 valence electrons. The summed E-state index contributed by atoms with van der Waals surface area (Å²) in [6.45, 7) is 13.9. The minimum absolute atomic E-state index is 0.126. The third-order valence-corrected chi connectivity index (χ3v) is 2.84. The first-order valence-corrected chi connectivity index (χ1v) is 7.54. The minimum Gasteiger partial charge on any atom is -0.270 e. The van der Waals surface area contributed by atoms with Gasteiger partial charge in [0.1, 0.15) is 0 Å². The monoisotopic (exact) mass is 329 g/mol. The Balaban J connectivity index is 2.76. The molecule has 0 fully saturated rings. The van der Waals surface area contributed by atoms with Crippen LogP contribution in [0, 0.1) is 0 Å². The molecule has 0 aromatic carbocycles. The van der Waals surface area contributed by atoms with Crippen molar-refractivity contribution >= 4 is 11.8 Å². The molecule has 1 rings (SSSR count). The van der Waals surface area contributed by atoms with Crippen LogP contribution in [-0.4, -0.2) is 40.8 Å². The molecule has 23 heavy (non-hydrogen) atoms. The van der Waals surface area contributed by atoms with Gasteiger partial charge in [-0.15, -0.1) is 0 Å². The second-order valence-electron chi connectivity index (χ2n) is 7.48. The van der Waals surface area contributed by atoms with Crippen molar-refractivity contribution in [1.82, 2.24) is 4.90 Å². The Morgan fingerprint density at radius 1 is 0.826 bits per heavy atom. The molecule has 0 saturated carbocycles. The molecule has 0 bridgehead atoms. The maximum atomic E-state index is 12.1. The molecule has 0 N–H and O–H groups in total. The summed E-state index contributed by atoms with van der Waals surface area (Å²) in [5, 5.41) is 0. The van der Waals surface area contributed by atoms with Crippen molar-refractivity contribution < 1.29 is 29.1 Å². The Bertz CT molecular complexity index is 456. The van der Waals surface area contributed by atoms with E-state index in [1.165, 1.54) is 0 Å². The molecule has 1 aliphatic rings. The van der Waals surface area contributed by atoms with Crippen LogP contribution in [0.4, 0.5) is 0 Å². The molecular weight excluding hydrogens is 302 g/mol. The maximum absolute atomic E-state index is 12.1. The second kappa shape index (κ2) is 7.09. The van der Waals surface area contributed by atoms with Gasteiger partial charge in [-0.2, -0.15) is 9.78 Å². The largest absolute Gasteiger partial charge is 0.270 e. The van der Waals surface area contributed by atoms with Crippen LogP contribution in [0.25, 0.3) is 0 Å². The first kappa shape index (κ1) is 19.8. The number of carbonyl (C=O) groups is 2. The predicted octanol–water partition coefficient (Wildman–Crippen LogP) is 2.51. The summed E-state index contributed by atoms with van der Waals surface area (Å²) in [6, 6.07) is 0. The maximum Gasteiger partial charge on any atom is 0.257 e. The van der Waals surface area contributed by atoms with Gasteiger partial charge in [-0.1, -0.05) is 0 Å². The van der Waals surface area contributed by atoms with Crippen molar-refractivity contribution in [3.05, 3.63) is 11.1 Å².